The molecule has 0 unspecified atom stereocenters. The van der Waals surface area contributed by atoms with Crippen molar-refractivity contribution in [2.45, 2.75) is 25.7 Å². The molecule has 1 aromatic heterocycles. The molecule has 88 valence electrons. The van der Waals surface area contributed by atoms with E-state index in [9.17, 15) is 4.79 Å². The topological polar surface area (TPSA) is 68.0 Å². The lowest BCUT2D eigenvalue weighted by Gasteiger charge is -2.09. The lowest BCUT2D eigenvalue weighted by atomic mass is 10.1. The molecular formula is C11H16ClN3O. The lowest BCUT2D eigenvalue weighted by Crippen LogP contribution is -2.20. The number of carbonyl (C=O) groups excluding carboxylic acids is 1. The highest BCUT2D eigenvalue weighted by molar-refractivity contribution is 5.92. The third-order valence-electron chi connectivity index (χ3n) is 2.78. The molecule has 1 amide bonds. The smallest absolute Gasteiger partial charge is 0.227 e. The zero-order chi connectivity index (χ0) is 10.7. The van der Waals surface area contributed by atoms with E-state index < -0.39 is 0 Å². The van der Waals surface area contributed by atoms with Gasteiger partial charge in [-0.2, -0.15) is 0 Å². The van der Waals surface area contributed by atoms with Crippen molar-refractivity contribution in [1.29, 1.82) is 0 Å². The zero-order valence-corrected chi connectivity index (χ0v) is 9.80. The standard InChI is InChI=1S/C11H15N3O.ClH/c12-10-6-5-9(7-13-10)14-11(15)8-3-1-2-4-8;/h5-8H,1-4H2,(H2,12,13)(H,14,15);1H. The van der Waals surface area contributed by atoms with Gasteiger partial charge < -0.3 is 11.1 Å². The Kier molecular flexibility index (Phi) is 4.55. The molecule has 4 nitrogen and oxygen atoms in total. The van der Waals surface area contributed by atoms with Crippen LogP contribution >= 0.6 is 12.4 Å². The molecule has 1 aliphatic rings. The highest BCUT2D eigenvalue weighted by Crippen LogP contribution is 2.25. The third kappa shape index (κ3) is 3.10. The Balaban J connectivity index is 0.00000128. The molecule has 5 heteroatoms. The molecule has 1 aromatic rings. The van der Waals surface area contributed by atoms with Gasteiger partial charge in [-0.3, -0.25) is 4.79 Å². The first-order valence-electron chi connectivity index (χ1n) is 5.28. The first-order valence-corrected chi connectivity index (χ1v) is 5.28. The monoisotopic (exact) mass is 241 g/mol. The Bertz CT molecular complexity index is 347. The summed E-state index contributed by atoms with van der Waals surface area (Å²) in [6.07, 6.45) is 5.93. The predicted octanol–water partition coefficient (Wildman–Crippen LogP) is 2.21. The minimum atomic E-state index is 0. The van der Waals surface area contributed by atoms with Gasteiger partial charge in [0.05, 0.1) is 11.9 Å². The summed E-state index contributed by atoms with van der Waals surface area (Å²) >= 11 is 0. The maximum Gasteiger partial charge on any atom is 0.227 e. The number of nitrogen functional groups attached to an aromatic ring is 1. The van der Waals surface area contributed by atoms with Crippen LogP contribution < -0.4 is 11.1 Å². The summed E-state index contributed by atoms with van der Waals surface area (Å²) < 4.78 is 0. The average Bonchev–Trinajstić information content (AvgIpc) is 2.74. The van der Waals surface area contributed by atoms with E-state index in [0.29, 0.717) is 5.82 Å². The highest BCUT2D eigenvalue weighted by atomic mass is 35.5. The van der Waals surface area contributed by atoms with Crippen molar-refractivity contribution in [2.75, 3.05) is 11.1 Å². The number of rotatable bonds is 2. The molecule has 0 bridgehead atoms. The number of hydrogen-bond donors (Lipinski definition) is 2. The second kappa shape index (κ2) is 5.70. The van der Waals surface area contributed by atoms with Gasteiger partial charge in [-0.1, -0.05) is 12.8 Å². The van der Waals surface area contributed by atoms with E-state index in [1.54, 1.807) is 18.3 Å². The maximum absolute atomic E-state index is 11.7. The molecule has 0 aromatic carbocycles. The van der Waals surface area contributed by atoms with Crippen molar-refractivity contribution in [1.82, 2.24) is 4.98 Å². The van der Waals surface area contributed by atoms with Crippen LogP contribution in [0.25, 0.3) is 0 Å². The van der Waals surface area contributed by atoms with Crippen LogP contribution in [0.2, 0.25) is 0 Å². The number of aromatic nitrogens is 1. The first-order chi connectivity index (χ1) is 7.25. The number of anilines is 2. The largest absolute Gasteiger partial charge is 0.384 e. The predicted molar refractivity (Wildman–Crippen MR) is 66.5 cm³/mol. The number of nitrogens with two attached hydrogens (primary N) is 1. The van der Waals surface area contributed by atoms with Crippen LogP contribution in [0.5, 0.6) is 0 Å². The summed E-state index contributed by atoms with van der Waals surface area (Å²) in [6.45, 7) is 0. The van der Waals surface area contributed by atoms with E-state index in [1.165, 1.54) is 0 Å². The molecule has 1 saturated carbocycles. The van der Waals surface area contributed by atoms with Gasteiger partial charge in [-0.15, -0.1) is 12.4 Å². The number of pyridine rings is 1. The summed E-state index contributed by atoms with van der Waals surface area (Å²) in [5.74, 6) is 0.760. The summed E-state index contributed by atoms with van der Waals surface area (Å²) in [5, 5.41) is 2.85. The normalized spacial score (nSPS) is 15.5. The summed E-state index contributed by atoms with van der Waals surface area (Å²) in [7, 11) is 0. The Labute approximate surface area is 101 Å². The van der Waals surface area contributed by atoms with Crippen molar-refractivity contribution >= 4 is 29.8 Å². The van der Waals surface area contributed by atoms with Crippen LogP contribution in [0.4, 0.5) is 11.5 Å². The van der Waals surface area contributed by atoms with E-state index in [0.717, 1.165) is 31.4 Å². The average molecular weight is 242 g/mol. The van der Waals surface area contributed by atoms with Crippen molar-refractivity contribution in [2.24, 2.45) is 5.92 Å². The van der Waals surface area contributed by atoms with Gasteiger partial charge in [0.2, 0.25) is 5.91 Å². The molecule has 0 aliphatic heterocycles. The summed E-state index contributed by atoms with van der Waals surface area (Å²) in [5.41, 5.74) is 6.18. The summed E-state index contributed by atoms with van der Waals surface area (Å²) in [6, 6.07) is 3.46. The Morgan fingerprint density at radius 1 is 1.38 bits per heavy atom. The SMILES string of the molecule is Cl.Nc1ccc(NC(=O)C2CCCC2)cn1. The Hall–Kier alpha value is -1.29. The second-order valence-electron chi connectivity index (χ2n) is 3.94. The van der Waals surface area contributed by atoms with Crippen LogP contribution in [0.15, 0.2) is 18.3 Å². The highest BCUT2D eigenvalue weighted by Gasteiger charge is 2.22. The van der Waals surface area contributed by atoms with Gasteiger partial charge in [0.1, 0.15) is 5.82 Å². The van der Waals surface area contributed by atoms with Gasteiger partial charge >= 0.3 is 0 Å². The van der Waals surface area contributed by atoms with Gasteiger partial charge in [0, 0.05) is 5.92 Å². The minimum Gasteiger partial charge on any atom is -0.384 e. The van der Waals surface area contributed by atoms with Crippen LogP contribution in [-0.4, -0.2) is 10.9 Å². The minimum absolute atomic E-state index is 0. The van der Waals surface area contributed by atoms with E-state index in [-0.39, 0.29) is 24.2 Å². The van der Waals surface area contributed by atoms with Crippen LogP contribution in [0, 0.1) is 5.92 Å². The second-order valence-corrected chi connectivity index (χ2v) is 3.94. The molecule has 1 heterocycles. The number of carbonyl (C=O) groups is 1. The molecular weight excluding hydrogens is 226 g/mol. The van der Waals surface area contributed by atoms with E-state index in [2.05, 4.69) is 10.3 Å². The van der Waals surface area contributed by atoms with Crippen molar-refractivity contribution < 1.29 is 4.79 Å². The van der Waals surface area contributed by atoms with E-state index in [1.807, 2.05) is 0 Å². The molecule has 2 rings (SSSR count). The fourth-order valence-electron chi connectivity index (χ4n) is 1.91. The van der Waals surface area contributed by atoms with E-state index in [4.69, 9.17) is 5.73 Å². The quantitative estimate of drug-likeness (QED) is 0.834. The summed E-state index contributed by atoms with van der Waals surface area (Å²) in [4.78, 5) is 15.7. The fraction of sp³-hybridized carbons (Fsp3) is 0.455. The molecule has 0 atom stereocenters. The van der Waals surface area contributed by atoms with E-state index >= 15 is 0 Å². The van der Waals surface area contributed by atoms with Crippen molar-refractivity contribution in [3.05, 3.63) is 18.3 Å². The number of nitrogens with one attached hydrogen (secondary N) is 1. The molecule has 3 N–H and O–H groups in total. The van der Waals surface area contributed by atoms with Gasteiger partial charge in [0.15, 0.2) is 0 Å². The van der Waals surface area contributed by atoms with Gasteiger partial charge in [-0.25, -0.2) is 4.98 Å². The third-order valence-corrected chi connectivity index (χ3v) is 2.78. The zero-order valence-electron chi connectivity index (χ0n) is 8.98. The van der Waals surface area contributed by atoms with Crippen LogP contribution in [-0.2, 0) is 4.79 Å². The van der Waals surface area contributed by atoms with Crippen molar-refractivity contribution in [3.8, 4) is 0 Å². The molecule has 0 saturated heterocycles. The number of halogens is 1. The Morgan fingerprint density at radius 3 is 2.62 bits per heavy atom. The number of hydrogen-bond acceptors (Lipinski definition) is 3. The molecule has 1 aliphatic carbocycles. The molecule has 0 radical (unpaired) electrons. The number of nitrogens with zero attached hydrogens (tertiary/aromatic N) is 1. The van der Waals surface area contributed by atoms with Crippen LogP contribution in [0.3, 0.4) is 0 Å². The maximum atomic E-state index is 11.7. The van der Waals surface area contributed by atoms with Gasteiger partial charge in [0.25, 0.3) is 0 Å². The van der Waals surface area contributed by atoms with Crippen LogP contribution in [0.1, 0.15) is 25.7 Å². The Morgan fingerprint density at radius 2 is 2.06 bits per heavy atom. The fourth-order valence-corrected chi connectivity index (χ4v) is 1.91. The molecule has 16 heavy (non-hydrogen) atoms. The van der Waals surface area contributed by atoms with Crippen molar-refractivity contribution in [3.63, 3.8) is 0 Å². The van der Waals surface area contributed by atoms with Gasteiger partial charge in [-0.05, 0) is 25.0 Å². The molecule has 1 fully saturated rings. The number of amides is 1. The lowest BCUT2D eigenvalue weighted by molar-refractivity contribution is -0.119. The molecule has 0 spiro atoms. The first kappa shape index (κ1) is 12.8.